The molecule has 1 aliphatic rings. The number of allylic oxidation sites excluding steroid dienone is 2. The maximum Gasteiger partial charge on any atom is -0.00850 e. The highest BCUT2D eigenvalue weighted by Gasteiger charge is 2.34. The molecule has 0 bridgehead atoms. The lowest BCUT2D eigenvalue weighted by atomic mass is 9.72. The summed E-state index contributed by atoms with van der Waals surface area (Å²) in [6.07, 6.45) is 14.2. The predicted octanol–water partition coefficient (Wildman–Crippen LogP) is 7.15. The normalized spacial score (nSPS) is 16.0. The Labute approximate surface area is 154 Å². The summed E-state index contributed by atoms with van der Waals surface area (Å²) in [6.45, 7) is 2.35. The van der Waals surface area contributed by atoms with E-state index in [2.05, 4.69) is 73.7 Å². The van der Waals surface area contributed by atoms with Crippen molar-refractivity contribution < 1.29 is 0 Å². The number of hydrogen-bond acceptors (Lipinski definition) is 0. The topological polar surface area (TPSA) is 0 Å². The Hall–Kier alpha value is -1.82. The number of rotatable bonds is 9. The van der Waals surface area contributed by atoms with E-state index in [9.17, 15) is 0 Å². The van der Waals surface area contributed by atoms with Crippen LogP contribution >= 0.6 is 0 Å². The van der Waals surface area contributed by atoms with Gasteiger partial charge in [-0.1, -0.05) is 79.2 Å². The van der Waals surface area contributed by atoms with Crippen molar-refractivity contribution in [2.75, 3.05) is 0 Å². The SMILES string of the molecule is CCC1=CCCC1(CCCc1ccccc1)CCCc1ccccc1. The zero-order valence-corrected chi connectivity index (χ0v) is 15.7. The lowest BCUT2D eigenvalue weighted by Gasteiger charge is -2.33. The van der Waals surface area contributed by atoms with Crippen LogP contribution in [0.4, 0.5) is 0 Å². The van der Waals surface area contributed by atoms with Crippen LogP contribution in [0.1, 0.15) is 63.0 Å². The van der Waals surface area contributed by atoms with Gasteiger partial charge in [0, 0.05) is 0 Å². The van der Waals surface area contributed by atoms with Crippen LogP contribution in [0.25, 0.3) is 0 Å². The zero-order valence-electron chi connectivity index (χ0n) is 15.7. The minimum Gasteiger partial charge on any atom is -0.0847 e. The lowest BCUT2D eigenvalue weighted by molar-refractivity contribution is 0.276. The van der Waals surface area contributed by atoms with Gasteiger partial charge in [-0.3, -0.25) is 0 Å². The fourth-order valence-electron chi connectivity index (χ4n) is 4.67. The third kappa shape index (κ3) is 4.84. The largest absolute Gasteiger partial charge is 0.0847 e. The summed E-state index contributed by atoms with van der Waals surface area (Å²) in [5, 5.41) is 0. The fourth-order valence-corrected chi connectivity index (χ4v) is 4.67. The van der Waals surface area contributed by atoms with Gasteiger partial charge in [-0.2, -0.15) is 0 Å². The summed E-state index contributed by atoms with van der Waals surface area (Å²) < 4.78 is 0. The maximum atomic E-state index is 2.55. The molecule has 2 aromatic rings. The summed E-state index contributed by atoms with van der Waals surface area (Å²) >= 11 is 0. The van der Waals surface area contributed by atoms with E-state index in [1.54, 1.807) is 5.57 Å². The van der Waals surface area contributed by atoms with E-state index < -0.39 is 0 Å². The smallest absolute Gasteiger partial charge is 0.00850 e. The molecule has 1 aliphatic carbocycles. The molecule has 132 valence electrons. The van der Waals surface area contributed by atoms with Crippen LogP contribution in [-0.2, 0) is 12.8 Å². The van der Waals surface area contributed by atoms with Gasteiger partial charge in [0.25, 0.3) is 0 Å². The third-order valence-corrected chi connectivity index (χ3v) is 6.00. The van der Waals surface area contributed by atoms with E-state index in [4.69, 9.17) is 0 Å². The zero-order chi connectivity index (χ0) is 17.4. The van der Waals surface area contributed by atoms with E-state index >= 15 is 0 Å². The average Bonchev–Trinajstić information content (AvgIpc) is 3.06. The number of aryl methyl sites for hydroxylation is 2. The molecule has 0 radical (unpaired) electrons. The predicted molar refractivity (Wildman–Crippen MR) is 109 cm³/mol. The summed E-state index contributed by atoms with van der Waals surface area (Å²) in [5.41, 5.74) is 5.20. The van der Waals surface area contributed by atoms with Crippen LogP contribution in [0.5, 0.6) is 0 Å². The van der Waals surface area contributed by atoms with Crippen LogP contribution in [-0.4, -0.2) is 0 Å². The van der Waals surface area contributed by atoms with Crippen molar-refractivity contribution in [3.8, 4) is 0 Å². The Morgan fingerprint density at radius 3 is 1.76 bits per heavy atom. The van der Waals surface area contributed by atoms with Gasteiger partial charge in [-0.25, -0.2) is 0 Å². The van der Waals surface area contributed by atoms with Crippen molar-refractivity contribution in [1.29, 1.82) is 0 Å². The Bertz CT molecular complexity index is 605. The minimum absolute atomic E-state index is 0.484. The summed E-state index contributed by atoms with van der Waals surface area (Å²) in [4.78, 5) is 0. The molecular formula is C25H32. The first-order chi connectivity index (χ1) is 12.3. The molecule has 0 spiro atoms. The molecule has 0 heteroatoms. The first kappa shape index (κ1) is 18.0. The van der Waals surface area contributed by atoms with Gasteiger partial charge in [-0.05, 0) is 74.3 Å². The van der Waals surface area contributed by atoms with Gasteiger partial charge < -0.3 is 0 Å². The molecular weight excluding hydrogens is 300 g/mol. The minimum atomic E-state index is 0.484. The molecule has 0 aromatic heterocycles. The van der Waals surface area contributed by atoms with Crippen molar-refractivity contribution in [3.63, 3.8) is 0 Å². The van der Waals surface area contributed by atoms with E-state index in [0.29, 0.717) is 5.41 Å². The molecule has 0 fully saturated rings. The van der Waals surface area contributed by atoms with Crippen molar-refractivity contribution >= 4 is 0 Å². The van der Waals surface area contributed by atoms with Crippen molar-refractivity contribution in [2.24, 2.45) is 5.41 Å². The van der Waals surface area contributed by atoms with Crippen molar-refractivity contribution in [3.05, 3.63) is 83.4 Å². The highest BCUT2D eigenvalue weighted by Crippen LogP contribution is 2.48. The molecule has 0 N–H and O–H groups in total. The van der Waals surface area contributed by atoms with Crippen molar-refractivity contribution in [2.45, 2.75) is 64.7 Å². The van der Waals surface area contributed by atoms with E-state index in [1.165, 1.54) is 68.9 Å². The summed E-state index contributed by atoms with van der Waals surface area (Å²) in [6, 6.07) is 22.0. The van der Waals surface area contributed by atoms with Crippen LogP contribution in [0, 0.1) is 5.41 Å². The Morgan fingerprint density at radius 2 is 1.28 bits per heavy atom. The average molecular weight is 333 g/mol. The van der Waals surface area contributed by atoms with Gasteiger partial charge in [-0.15, -0.1) is 0 Å². The van der Waals surface area contributed by atoms with Gasteiger partial charge in [0.15, 0.2) is 0 Å². The van der Waals surface area contributed by atoms with Crippen LogP contribution in [0.15, 0.2) is 72.3 Å². The Kier molecular flexibility index (Phi) is 6.50. The van der Waals surface area contributed by atoms with Gasteiger partial charge >= 0.3 is 0 Å². The molecule has 2 aromatic carbocycles. The Balaban J connectivity index is 1.57. The fraction of sp³-hybridized carbons (Fsp3) is 0.440. The standard InChI is InChI=1S/C25H32/c1-2-24-18-11-21-25(24,19-9-16-22-12-5-3-6-13-22)20-10-17-23-14-7-4-8-15-23/h3-8,12-15,18H,2,9-11,16-17,19-21H2,1H3. The van der Waals surface area contributed by atoms with Crippen molar-refractivity contribution in [1.82, 2.24) is 0 Å². The van der Waals surface area contributed by atoms with Gasteiger partial charge in [0.2, 0.25) is 0 Å². The summed E-state index contributed by atoms with van der Waals surface area (Å²) in [7, 11) is 0. The molecule has 3 rings (SSSR count). The molecule has 0 heterocycles. The van der Waals surface area contributed by atoms with Crippen LogP contribution < -0.4 is 0 Å². The first-order valence-electron chi connectivity index (χ1n) is 10.1. The van der Waals surface area contributed by atoms with E-state index in [0.717, 1.165) is 0 Å². The molecule has 0 atom stereocenters. The van der Waals surface area contributed by atoms with Gasteiger partial charge in [0.05, 0.1) is 0 Å². The van der Waals surface area contributed by atoms with Gasteiger partial charge in [0.1, 0.15) is 0 Å². The van der Waals surface area contributed by atoms with E-state index in [1.807, 2.05) is 0 Å². The second kappa shape index (κ2) is 9.04. The molecule has 25 heavy (non-hydrogen) atoms. The monoisotopic (exact) mass is 332 g/mol. The molecule has 0 amide bonds. The molecule has 0 aliphatic heterocycles. The highest BCUT2D eigenvalue weighted by molar-refractivity contribution is 5.21. The first-order valence-corrected chi connectivity index (χ1v) is 10.1. The number of benzene rings is 2. The lowest BCUT2D eigenvalue weighted by Crippen LogP contribution is -2.21. The molecule has 0 nitrogen and oxygen atoms in total. The second-order valence-corrected chi connectivity index (χ2v) is 7.58. The van der Waals surface area contributed by atoms with E-state index in [-0.39, 0.29) is 0 Å². The second-order valence-electron chi connectivity index (χ2n) is 7.58. The maximum absolute atomic E-state index is 2.55. The molecule has 0 saturated heterocycles. The molecule has 0 saturated carbocycles. The quantitative estimate of drug-likeness (QED) is 0.428. The van der Waals surface area contributed by atoms with Crippen LogP contribution in [0.2, 0.25) is 0 Å². The number of hydrogen-bond donors (Lipinski definition) is 0. The highest BCUT2D eigenvalue weighted by atomic mass is 14.4. The third-order valence-electron chi connectivity index (χ3n) is 6.00. The Morgan fingerprint density at radius 1 is 0.760 bits per heavy atom. The van der Waals surface area contributed by atoms with Crippen LogP contribution in [0.3, 0.4) is 0 Å². The molecule has 0 unspecified atom stereocenters. The summed E-state index contributed by atoms with van der Waals surface area (Å²) in [5.74, 6) is 0.